The first kappa shape index (κ1) is 24.4. The molecule has 182 valence electrons. The van der Waals surface area contributed by atoms with Crippen molar-refractivity contribution in [1.29, 1.82) is 0 Å². The molecule has 0 N–H and O–H groups in total. The summed E-state index contributed by atoms with van der Waals surface area (Å²) in [6.07, 6.45) is 3.83. The summed E-state index contributed by atoms with van der Waals surface area (Å²) in [7, 11) is 0. The molecule has 7 heteroatoms. The molecule has 4 aromatic rings. The van der Waals surface area contributed by atoms with Gasteiger partial charge in [0.25, 0.3) is 11.1 Å². The number of thioether (sulfide) groups is 1. The van der Waals surface area contributed by atoms with Crippen LogP contribution in [0.15, 0.2) is 76.2 Å². The van der Waals surface area contributed by atoms with Gasteiger partial charge in [-0.15, -0.1) is 0 Å². The normalized spacial score (nSPS) is 14.9. The Hall–Kier alpha value is -3.29. The minimum atomic E-state index is -0.303. The maximum atomic E-state index is 13.2. The highest BCUT2D eigenvalue weighted by Gasteiger charge is 2.36. The quantitative estimate of drug-likeness (QED) is 0.227. The van der Waals surface area contributed by atoms with Crippen LogP contribution in [-0.4, -0.2) is 22.3 Å². The number of nitrogens with zero attached hydrogens (tertiary/aromatic N) is 2. The molecule has 2 heterocycles. The van der Waals surface area contributed by atoms with E-state index in [9.17, 15) is 9.59 Å². The third-order valence-electron chi connectivity index (χ3n) is 6.33. The van der Waals surface area contributed by atoms with Crippen LogP contribution in [-0.2, 0) is 11.3 Å². The molecule has 0 bridgehead atoms. The molecule has 36 heavy (non-hydrogen) atoms. The fourth-order valence-corrected chi connectivity index (χ4v) is 5.38. The minimum Gasteiger partial charge on any atom is -0.492 e. The molecule has 0 unspecified atom stereocenters. The van der Waals surface area contributed by atoms with Gasteiger partial charge in [0.2, 0.25) is 0 Å². The van der Waals surface area contributed by atoms with E-state index in [0.29, 0.717) is 23.7 Å². The fourth-order valence-electron chi connectivity index (χ4n) is 4.19. The number of rotatable bonds is 6. The number of carbonyl (C=O) groups excluding carboxylic acids is 2. The van der Waals surface area contributed by atoms with E-state index < -0.39 is 0 Å². The molecule has 0 saturated carbocycles. The molecule has 0 atom stereocenters. The standard InChI is InChI=1S/C29H25BrN2O3S/c1-18-4-8-23(9-5-18)32-28(33)27(36-29(32)34)15-21-17-31(26-11-7-22(30)16-25(21)26)12-13-35-24-10-6-19(2)20(3)14-24/h4-11,14-17H,12-13H2,1-3H3/b27-15-. The van der Waals surface area contributed by atoms with Crippen LogP contribution in [0.25, 0.3) is 17.0 Å². The third-order valence-corrected chi connectivity index (χ3v) is 7.69. The highest BCUT2D eigenvalue weighted by atomic mass is 79.9. The van der Waals surface area contributed by atoms with Gasteiger partial charge in [0.15, 0.2) is 0 Å². The summed E-state index contributed by atoms with van der Waals surface area (Å²) >= 11 is 4.53. The van der Waals surface area contributed by atoms with Gasteiger partial charge in [0.1, 0.15) is 12.4 Å². The van der Waals surface area contributed by atoms with E-state index >= 15 is 0 Å². The molecule has 0 aliphatic carbocycles. The Labute approximate surface area is 222 Å². The zero-order valence-electron chi connectivity index (χ0n) is 20.2. The van der Waals surface area contributed by atoms with Crippen LogP contribution < -0.4 is 9.64 Å². The lowest BCUT2D eigenvalue weighted by molar-refractivity contribution is -0.113. The first-order chi connectivity index (χ1) is 17.3. The van der Waals surface area contributed by atoms with E-state index in [-0.39, 0.29) is 11.1 Å². The van der Waals surface area contributed by atoms with Gasteiger partial charge >= 0.3 is 0 Å². The minimum absolute atomic E-state index is 0.290. The second-order valence-corrected chi connectivity index (χ2v) is 10.8. The number of imide groups is 1. The number of aromatic nitrogens is 1. The average molecular weight is 562 g/mol. The van der Waals surface area contributed by atoms with Crippen LogP contribution in [0, 0.1) is 20.8 Å². The Kier molecular flexibility index (Phi) is 6.77. The second-order valence-electron chi connectivity index (χ2n) is 8.89. The van der Waals surface area contributed by atoms with E-state index in [0.717, 1.165) is 44.0 Å². The van der Waals surface area contributed by atoms with Gasteiger partial charge in [-0.25, -0.2) is 4.90 Å². The molecule has 0 spiro atoms. The topological polar surface area (TPSA) is 51.5 Å². The zero-order chi connectivity index (χ0) is 25.4. The van der Waals surface area contributed by atoms with Gasteiger partial charge in [-0.05, 0) is 92.2 Å². The van der Waals surface area contributed by atoms with Gasteiger partial charge in [0.05, 0.1) is 17.1 Å². The van der Waals surface area contributed by atoms with Crippen LogP contribution >= 0.6 is 27.7 Å². The van der Waals surface area contributed by atoms with Crippen molar-refractivity contribution in [2.24, 2.45) is 0 Å². The molecule has 0 radical (unpaired) electrons. The summed E-state index contributed by atoms with van der Waals surface area (Å²) in [4.78, 5) is 27.5. The summed E-state index contributed by atoms with van der Waals surface area (Å²) in [5.74, 6) is 0.546. The number of hydrogen-bond donors (Lipinski definition) is 0. The Balaban J connectivity index is 1.42. The van der Waals surface area contributed by atoms with E-state index in [2.05, 4.69) is 46.5 Å². The molecule has 1 fully saturated rings. The Morgan fingerprint density at radius 3 is 2.47 bits per heavy atom. The predicted molar refractivity (Wildman–Crippen MR) is 151 cm³/mol. The maximum absolute atomic E-state index is 13.2. The smallest absolute Gasteiger partial charge is 0.298 e. The number of anilines is 1. The number of amides is 2. The lowest BCUT2D eigenvalue weighted by Crippen LogP contribution is -2.27. The summed E-state index contributed by atoms with van der Waals surface area (Å²) < 4.78 is 9.08. The zero-order valence-corrected chi connectivity index (χ0v) is 22.7. The van der Waals surface area contributed by atoms with Crippen molar-refractivity contribution >= 4 is 61.5 Å². The molecular weight excluding hydrogens is 536 g/mol. The van der Waals surface area contributed by atoms with E-state index in [4.69, 9.17) is 4.74 Å². The van der Waals surface area contributed by atoms with Gasteiger partial charge < -0.3 is 9.30 Å². The largest absolute Gasteiger partial charge is 0.492 e. The number of aryl methyl sites for hydroxylation is 3. The lowest BCUT2D eigenvalue weighted by Gasteiger charge is -2.12. The fraction of sp³-hybridized carbons (Fsp3) is 0.172. The number of fused-ring (bicyclic) bond motifs is 1. The van der Waals surface area contributed by atoms with Crippen molar-refractivity contribution in [1.82, 2.24) is 4.57 Å². The van der Waals surface area contributed by atoms with E-state index in [1.54, 1.807) is 12.1 Å². The first-order valence-corrected chi connectivity index (χ1v) is 13.2. The van der Waals surface area contributed by atoms with Crippen molar-refractivity contribution < 1.29 is 14.3 Å². The Bertz CT molecular complexity index is 1520. The van der Waals surface area contributed by atoms with Crippen LogP contribution in [0.3, 0.4) is 0 Å². The molecule has 3 aromatic carbocycles. The molecule has 5 rings (SSSR count). The van der Waals surface area contributed by atoms with Crippen LogP contribution in [0.2, 0.25) is 0 Å². The van der Waals surface area contributed by atoms with Crippen molar-refractivity contribution in [3.05, 3.63) is 98.5 Å². The van der Waals surface area contributed by atoms with Crippen LogP contribution in [0.5, 0.6) is 5.75 Å². The number of hydrogen-bond acceptors (Lipinski definition) is 4. The lowest BCUT2D eigenvalue weighted by atomic mass is 10.1. The number of benzene rings is 3. The van der Waals surface area contributed by atoms with Crippen LogP contribution in [0.4, 0.5) is 10.5 Å². The summed E-state index contributed by atoms with van der Waals surface area (Å²) in [5, 5.41) is 0.708. The van der Waals surface area contributed by atoms with Gasteiger partial charge in [0, 0.05) is 27.1 Å². The number of ether oxygens (including phenoxy) is 1. The van der Waals surface area contributed by atoms with Crippen molar-refractivity contribution in [2.45, 2.75) is 27.3 Å². The molecule has 2 amide bonds. The molecule has 1 saturated heterocycles. The molecular formula is C29H25BrN2O3S. The molecule has 1 aliphatic heterocycles. The van der Waals surface area contributed by atoms with Crippen LogP contribution in [0.1, 0.15) is 22.3 Å². The third kappa shape index (κ3) is 4.86. The second kappa shape index (κ2) is 9.99. The van der Waals surface area contributed by atoms with Crippen molar-refractivity contribution in [3.63, 3.8) is 0 Å². The Morgan fingerprint density at radius 1 is 0.944 bits per heavy atom. The van der Waals surface area contributed by atoms with Crippen molar-refractivity contribution in [2.75, 3.05) is 11.5 Å². The molecule has 1 aliphatic rings. The molecule has 5 nitrogen and oxygen atoms in total. The summed E-state index contributed by atoms with van der Waals surface area (Å²) in [5.41, 5.74) is 6.01. The van der Waals surface area contributed by atoms with Gasteiger partial charge in [-0.2, -0.15) is 0 Å². The maximum Gasteiger partial charge on any atom is 0.298 e. The number of halogens is 1. The SMILES string of the molecule is Cc1ccc(N2C(=O)S/C(=C\c3cn(CCOc4ccc(C)c(C)c4)c4ccc(Br)cc34)C2=O)cc1. The summed E-state index contributed by atoms with van der Waals surface area (Å²) in [6, 6.07) is 19.6. The summed E-state index contributed by atoms with van der Waals surface area (Å²) in [6.45, 7) is 7.28. The van der Waals surface area contributed by atoms with Crippen molar-refractivity contribution in [3.8, 4) is 5.75 Å². The first-order valence-electron chi connectivity index (χ1n) is 11.6. The van der Waals surface area contributed by atoms with Gasteiger partial charge in [-0.3, -0.25) is 9.59 Å². The average Bonchev–Trinajstić information content (AvgIpc) is 3.32. The monoisotopic (exact) mass is 560 g/mol. The predicted octanol–water partition coefficient (Wildman–Crippen LogP) is 7.65. The Morgan fingerprint density at radius 2 is 1.72 bits per heavy atom. The van der Waals surface area contributed by atoms with E-state index in [1.807, 2.05) is 55.6 Å². The molecule has 1 aromatic heterocycles. The highest BCUT2D eigenvalue weighted by Crippen LogP contribution is 2.37. The van der Waals surface area contributed by atoms with E-state index in [1.165, 1.54) is 16.0 Å². The highest BCUT2D eigenvalue weighted by molar-refractivity contribution is 9.10. The van der Waals surface area contributed by atoms with Gasteiger partial charge in [-0.1, -0.05) is 39.7 Å². The number of carbonyl (C=O) groups is 2.